The molecule has 1 fully saturated rings. The third-order valence-corrected chi connectivity index (χ3v) is 4.43. The number of anilines is 2. The molecule has 1 aliphatic rings. The smallest absolute Gasteiger partial charge is 0.226 e. The Labute approximate surface area is 116 Å². The first-order valence-electron chi connectivity index (χ1n) is 6.59. The largest absolute Gasteiger partial charge is 0.354 e. The van der Waals surface area contributed by atoms with E-state index in [1.54, 1.807) is 6.33 Å². The number of hydrogen-bond acceptors (Lipinski definition) is 6. The van der Waals surface area contributed by atoms with Gasteiger partial charge < -0.3 is 15.2 Å². The Balaban J connectivity index is 2.06. The zero-order chi connectivity index (χ0) is 13.2. The number of imidazole rings is 1. The standard InChI is InChI=1S/C12H18N6S/c1-3-13-12-16-10-9(14-7-15-10)11(17-12)18-4-5-19-6-8(18)2/h7-8H,3-6H2,1-2H3,(H2,13,14,15,16,17). The van der Waals surface area contributed by atoms with Crippen LogP contribution < -0.4 is 10.2 Å². The van der Waals surface area contributed by atoms with Crippen LogP contribution in [0.25, 0.3) is 11.2 Å². The summed E-state index contributed by atoms with van der Waals surface area (Å²) in [5, 5.41) is 3.18. The van der Waals surface area contributed by atoms with E-state index in [2.05, 4.69) is 37.1 Å². The van der Waals surface area contributed by atoms with Gasteiger partial charge in [0.2, 0.25) is 5.95 Å². The van der Waals surface area contributed by atoms with Crippen LogP contribution in [0.2, 0.25) is 0 Å². The number of fused-ring (bicyclic) bond motifs is 1. The van der Waals surface area contributed by atoms with Crippen molar-refractivity contribution in [2.45, 2.75) is 19.9 Å². The molecule has 3 heterocycles. The van der Waals surface area contributed by atoms with Crippen molar-refractivity contribution in [1.82, 2.24) is 19.9 Å². The Bertz CT molecular complexity index is 568. The molecule has 19 heavy (non-hydrogen) atoms. The molecule has 2 N–H and O–H groups in total. The van der Waals surface area contributed by atoms with E-state index in [0.717, 1.165) is 41.6 Å². The van der Waals surface area contributed by atoms with Crippen molar-refractivity contribution in [3.63, 3.8) is 0 Å². The lowest BCUT2D eigenvalue weighted by atomic mass is 10.3. The molecule has 1 saturated heterocycles. The first kappa shape index (κ1) is 12.5. The minimum Gasteiger partial charge on any atom is -0.354 e. The van der Waals surface area contributed by atoms with Crippen LogP contribution in [0.4, 0.5) is 11.8 Å². The van der Waals surface area contributed by atoms with Crippen molar-refractivity contribution < 1.29 is 0 Å². The number of thioether (sulfide) groups is 1. The Morgan fingerprint density at radius 1 is 1.53 bits per heavy atom. The number of H-pyrrole nitrogens is 1. The lowest BCUT2D eigenvalue weighted by molar-refractivity contribution is 0.691. The van der Waals surface area contributed by atoms with Crippen LogP contribution in [0, 0.1) is 0 Å². The summed E-state index contributed by atoms with van der Waals surface area (Å²) >= 11 is 2.00. The normalized spacial score (nSPS) is 19.9. The van der Waals surface area contributed by atoms with E-state index in [1.165, 1.54) is 0 Å². The molecule has 0 aromatic carbocycles. The average molecular weight is 278 g/mol. The highest BCUT2D eigenvalue weighted by atomic mass is 32.2. The summed E-state index contributed by atoms with van der Waals surface area (Å²) in [7, 11) is 0. The molecule has 102 valence electrons. The molecule has 0 spiro atoms. The topological polar surface area (TPSA) is 69.7 Å². The first-order chi connectivity index (χ1) is 9.29. The highest BCUT2D eigenvalue weighted by Crippen LogP contribution is 2.28. The molecule has 0 aliphatic carbocycles. The summed E-state index contributed by atoms with van der Waals surface area (Å²) in [6.07, 6.45) is 1.68. The fraction of sp³-hybridized carbons (Fsp3) is 0.583. The molecule has 0 amide bonds. The maximum absolute atomic E-state index is 4.66. The molecular formula is C12H18N6S. The van der Waals surface area contributed by atoms with E-state index in [-0.39, 0.29) is 0 Å². The van der Waals surface area contributed by atoms with Crippen molar-refractivity contribution >= 4 is 34.7 Å². The summed E-state index contributed by atoms with van der Waals surface area (Å²) in [6, 6.07) is 0.481. The van der Waals surface area contributed by atoms with E-state index in [1.807, 2.05) is 18.7 Å². The monoisotopic (exact) mass is 278 g/mol. The van der Waals surface area contributed by atoms with Gasteiger partial charge in [-0.25, -0.2) is 4.98 Å². The molecule has 1 aliphatic heterocycles. The Morgan fingerprint density at radius 2 is 2.42 bits per heavy atom. The van der Waals surface area contributed by atoms with E-state index in [4.69, 9.17) is 0 Å². The average Bonchev–Trinajstić information content (AvgIpc) is 2.87. The van der Waals surface area contributed by atoms with Crippen molar-refractivity contribution in [1.29, 1.82) is 0 Å². The predicted octanol–water partition coefficient (Wildman–Crippen LogP) is 1.73. The van der Waals surface area contributed by atoms with Crippen molar-refractivity contribution in [2.24, 2.45) is 0 Å². The zero-order valence-corrected chi connectivity index (χ0v) is 12.0. The van der Waals surface area contributed by atoms with E-state index in [0.29, 0.717) is 12.0 Å². The summed E-state index contributed by atoms with van der Waals surface area (Å²) in [4.78, 5) is 18.8. The minimum absolute atomic E-state index is 0.481. The minimum atomic E-state index is 0.481. The van der Waals surface area contributed by atoms with Gasteiger partial charge in [0.05, 0.1) is 6.33 Å². The maximum atomic E-state index is 4.66. The summed E-state index contributed by atoms with van der Waals surface area (Å²) < 4.78 is 0. The molecule has 0 radical (unpaired) electrons. The molecule has 2 aromatic heterocycles. The molecule has 1 unspecified atom stereocenters. The second-order valence-corrected chi connectivity index (χ2v) is 5.77. The number of nitrogens with one attached hydrogen (secondary N) is 2. The van der Waals surface area contributed by atoms with Gasteiger partial charge in [0.25, 0.3) is 0 Å². The van der Waals surface area contributed by atoms with Crippen molar-refractivity contribution in [2.75, 3.05) is 34.8 Å². The molecule has 7 heteroatoms. The molecule has 0 saturated carbocycles. The van der Waals surface area contributed by atoms with Crippen LogP contribution in [0.5, 0.6) is 0 Å². The van der Waals surface area contributed by atoms with Gasteiger partial charge in [-0.05, 0) is 13.8 Å². The number of aromatic nitrogens is 4. The zero-order valence-electron chi connectivity index (χ0n) is 11.2. The van der Waals surface area contributed by atoms with Crippen LogP contribution in [0.1, 0.15) is 13.8 Å². The molecular weight excluding hydrogens is 260 g/mol. The number of rotatable bonds is 3. The number of nitrogens with zero attached hydrogens (tertiary/aromatic N) is 4. The number of hydrogen-bond donors (Lipinski definition) is 2. The van der Waals surface area contributed by atoms with Gasteiger partial charge in [0.1, 0.15) is 5.52 Å². The lowest BCUT2D eigenvalue weighted by Crippen LogP contribution is -2.41. The Hall–Kier alpha value is -1.50. The van der Waals surface area contributed by atoms with Gasteiger partial charge in [-0.1, -0.05) is 0 Å². The highest BCUT2D eigenvalue weighted by molar-refractivity contribution is 7.99. The quantitative estimate of drug-likeness (QED) is 0.891. The van der Waals surface area contributed by atoms with Crippen LogP contribution in [-0.2, 0) is 0 Å². The number of aromatic amines is 1. The van der Waals surface area contributed by atoms with Crippen LogP contribution >= 0.6 is 11.8 Å². The third-order valence-electron chi connectivity index (χ3n) is 3.24. The molecule has 1 atom stereocenters. The van der Waals surface area contributed by atoms with Crippen LogP contribution in [-0.4, -0.2) is 50.6 Å². The summed E-state index contributed by atoms with van der Waals surface area (Å²) in [5.41, 5.74) is 1.66. The second-order valence-electron chi connectivity index (χ2n) is 4.62. The lowest BCUT2D eigenvalue weighted by Gasteiger charge is -2.34. The summed E-state index contributed by atoms with van der Waals surface area (Å²) in [6.45, 7) is 6.10. The van der Waals surface area contributed by atoms with Crippen molar-refractivity contribution in [3.8, 4) is 0 Å². The molecule has 2 aromatic rings. The van der Waals surface area contributed by atoms with Gasteiger partial charge in [0, 0.05) is 30.6 Å². The fourth-order valence-corrected chi connectivity index (χ4v) is 3.32. The van der Waals surface area contributed by atoms with Gasteiger partial charge >= 0.3 is 0 Å². The second kappa shape index (κ2) is 5.24. The van der Waals surface area contributed by atoms with Gasteiger partial charge in [-0.2, -0.15) is 21.7 Å². The molecule has 3 rings (SSSR count). The van der Waals surface area contributed by atoms with E-state index in [9.17, 15) is 0 Å². The molecule has 0 bridgehead atoms. The first-order valence-corrected chi connectivity index (χ1v) is 7.74. The van der Waals surface area contributed by atoms with Crippen LogP contribution in [0.15, 0.2) is 6.33 Å². The fourth-order valence-electron chi connectivity index (χ4n) is 2.30. The van der Waals surface area contributed by atoms with Gasteiger partial charge in [0.15, 0.2) is 11.5 Å². The van der Waals surface area contributed by atoms with Crippen LogP contribution in [0.3, 0.4) is 0 Å². The summed E-state index contributed by atoms with van der Waals surface area (Å²) in [5.74, 6) is 3.89. The Kier molecular flexibility index (Phi) is 3.46. The van der Waals surface area contributed by atoms with E-state index < -0.39 is 0 Å². The van der Waals surface area contributed by atoms with E-state index >= 15 is 0 Å². The highest BCUT2D eigenvalue weighted by Gasteiger charge is 2.23. The predicted molar refractivity (Wildman–Crippen MR) is 80.0 cm³/mol. The maximum Gasteiger partial charge on any atom is 0.226 e. The van der Waals surface area contributed by atoms with Crippen molar-refractivity contribution in [3.05, 3.63) is 6.33 Å². The third kappa shape index (κ3) is 2.34. The Morgan fingerprint density at radius 3 is 3.21 bits per heavy atom. The SMILES string of the molecule is CCNc1nc(N2CCSCC2C)c2[nH]cnc2n1. The van der Waals surface area contributed by atoms with Gasteiger partial charge in [-0.3, -0.25) is 0 Å². The van der Waals surface area contributed by atoms with Gasteiger partial charge in [-0.15, -0.1) is 0 Å². The molecule has 6 nitrogen and oxygen atoms in total.